The number of anilines is 1. The number of pyridine rings is 1. The molecule has 3 aromatic rings. The van der Waals surface area contributed by atoms with E-state index in [-0.39, 0.29) is 29.3 Å². The summed E-state index contributed by atoms with van der Waals surface area (Å²) in [5, 5.41) is 5.93. The van der Waals surface area contributed by atoms with Crippen LogP contribution in [-0.2, 0) is 17.9 Å². The molecule has 2 aliphatic heterocycles. The quantitative estimate of drug-likeness (QED) is 0.417. The molecule has 2 aromatic carbocycles. The Morgan fingerprint density at radius 1 is 1.00 bits per heavy atom. The Kier molecular flexibility index (Phi) is 8.56. The summed E-state index contributed by atoms with van der Waals surface area (Å²) in [7, 11) is 0. The number of carbonyl (C=O) groups is 2. The van der Waals surface area contributed by atoms with E-state index in [0.717, 1.165) is 23.4 Å². The second-order valence-electron chi connectivity index (χ2n) is 10.2. The number of hydrogen-bond acceptors (Lipinski definition) is 5. The van der Waals surface area contributed by atoms with E-state index in [1.165, 1.54) is 0 Å². The summed E-state index contributed by atoms with van der Waals surface area (Å²) in [6.07, 6.45) is 3.47. The van der Waals surface area contributed by atoms with E-state index >= 15 is 0 Å². The van der Waals surface area contributed by atoms with Gasteiger partial charge in [0, 0.05) is 43.0 Å². The number of rotatable bonds is 9. The average Bonchev–Trinajstić information content (AvgIpc) is 2.95. The van der Waals surface area contributed by atoms with Gasteiger partial charge in [-0.3, -0.25) is 9.59 Å². The van der Waals surface area contributed by atoms with Crippen molar-refractivity contribution in [1.29, 1.82) is 0 Å². The van der Waals surface area contributed by atoms with Crippen LogP contribution in [0.1, 0.15) is 30.0 Å². The Balaban J connectivity index is 1.19. The van der Waals surface area contributed by atoms with E-state index < -0.39 is 6.04 Å². The lowest BCUT2D eigenvalue weighted by atomic mass is 9.83. The summed E-state index contributed by atoms with van der Waals surface area (Å²) < 4.78 is 7.68. The topological polar surface area (TPSA) is 92.7 Å². The smallest absolute Gasteiger partial charge is 0.318 e. The molecule has 9 heteroatoms. The van der Waals surface area contributed by atoms with Gasteiger partial charge in [-0.1, -0.05) is 36.4 Å². The first-order valence-corrected chi connectivity index (χ1v) is 14.7. The zero-order chi connectivity index (χ0) is 27.2. The predicted octanol–water partition coefficient (Wildman–Crippen LogP) is 4.32. The Morgan fingerprint density at radius 2 is 1.79 bits per heavy atom. The van der Waals surface area contributed by atoms with Crippen LogP contribution >= 0.6 is 11.8 Å². The van der Waals surface area contributed by atoms with Gasteiger partial charge in [0.25, 0.3) is 5.56 Å². The van der Waals surface area contributed by atoms with Crippen LogP contribution in [0.15, 0.2) is 77.6 Å². The molecule has 2 aliphatic rings. The van der Waals surface area contributed by atoms with Crippen LogP contribution in [0.3, 0.4) is 0 Å². The van der Waals surface area contributed by atoms with E-state index in [9.17, 15) is 14.4 Å². The fraction of sp³-hybridized carbons (Fsp3) is 0.367. The number of aromatic nitrogens is 1. The minimum absolute atomic E-state index is 0.0182. The van der Waals surface area contributed by atoms with E-state index in [4.69, 9.17) is 4.74 Å². The normalized spacial score (nSPS) is 18.5. The number of thioether (sulfide) groups is 1. The lowest BCUT2D eigenvalue weighted by molar-refractivity contribution is -0.118. The molecule has 1 aromatic heterocycles. The van der Waals surface area contributed by atoms with E-state index in [1.54, 1.807) is 40.9 Å². The second-order valence-corrected chi connectivity index (χ2v) is 11.2. The van der Waals surface area contributed by atoms with Crippen LogP contribution < -0.4 is 20.9 Å². The number of ether oxygens (including phenoxy) is 1. The first-order chi connectivity index (χ1) is 19.0. The number of amides is 3. The average molecular weight is 547 g/mol. The predicted molar refractivity (Wildman–Crippen MR) is 154 cm³/mol. The number of carbonyl (C=O) groups excluding carboxylic acids is 2. The molecule has 2 bridgehead atoms. The highest BCUT2D eigenvalue weighted by Crippen LogP contribution is 2.35. The summed E-state index contributed by atoms with van der Waals surface area (Å²) in [4.78, 5) is 40.6. The minimum atomic E-state index is -0.657. The molecule has 0 radical (unpaired) electrons. The third-order valence-corrected chi connectivity index (χ3v) is 8.01. The molecule has 2 unspecified atom stereocenters. The number of nitrogens with zero attached hydrogens (tertiary/aromatic N) is 2. The fourth-order valence-electron chi connectivity index (χ4n) is 5.41. The van der Waals surface area contributed by atoms with E-state index in [0.29, 0.717) is 44.1 Å². The maximum Gasteiger partial charge on any atom is 0.318 e. The van der Waals surface area contributed by atoms with Crippen LogP contribution in [0.25, 0.3) is 0 Å². The van der Waals surface area contributed by atoms with Crippen molar-refractivity contribution in [3.8, 4) is 5.75 Å². The van der Waals surface area contributed by atoms with Gasteiger partial charge < -0.3 is 24.8 Å². The summed E-state index contributed by atoms with van der Waals surface area (Å²) in [5.41, 5.74) is 2.73. The zero-order valence-electron chi connectivity index (χ0n) is 22.0. The maximum atomic E-state index is 13.3. The molecule has 0 aliphatic carbocycles. The largest absolute Gasteiger partial charge is 0.489 e. The third kappa shape index (κ3) is 6.65. The van der Waals surface area contributed by atoms with Gasteiger partial charge in [-0.05, 0) is 66.7 Å². The van der Waals surface area contributed by atoms with Crippen molar-refractivity contribution in [2.45, 2.75) is 38.0 Å². The SMILES string of the molecule is CSCC[C@H](NC(=O)N1CC2CC(C1)c1cccc(=O)n1C2)C(=O)Nc1ccc(OCc2ccccc2)cc1. The second kappa shape index (κ2) is 12.4. The molecule has 204 valence electrons. The van der Waals surface area contributed by atoms with Gasteiger partial charge in [-0.15, -0.1) is 0 Å². The van der Waals surface area contributed by atoms with Crippen molar-refractivity contribution in [3.05, 3.63) is 94.4 Å². The van der Waals surface area contributed by atoms with Gasteiger partial charge in [0.15, 0.2) is 0 Å². The lowest BCUT2D eigenvalue weighted by Crippen LogP contribution is -2.55. The van der Waals surface area contributed by atoms with Crippen molar-refractivity contribution >= 4 is 29.4 Å². The van der Waals surface area contributed by atoms with Crippen LogP contribution in [0.4, 0.5) is 10.5 Å². The fourth-order valence-corrected chi connectivity index (χ4v) is 5.88. The van der Waals surface area contributed by atoms with Crippen LogP contribution in [0.5, 0.6) is 5.75 Å². The highest BCUT2D eigenvalue weighted by atomic mass is 32.2. The van der Waals surface area contributed by atoms with Crippen LogP contribution in [-0.4, -0.2) is 52.5 Å². The van der Waals surface area contributed by atoms with Gasteiger partial charge in [0.05, 0.1) is 0 Å². The molecule has 39 heavy (non-hydrogen) atoms. The molecular weight excluding hydrogens is 512 g/mol. The first kappa shape index (κ1) is 26.9. The van der Waals surface area contributed by atoms with Crippen molar-refractivity contribution in [2.75, 3.05) is 30.4 Å². The van der Waals surface area contributed by atoms with Crippen molar-refractivity contribution < 1.29 is 14.3 Å². The lowest BCUT2D eigenvalue weighted by Gasteiger charge is -2.43. The van der Waals surface area contributed by atoms with Gasteiger partial charge >= 0.3 is 6.03 Å². The highest BCUT2D eigenvalue weighted by Gasteiger charge is 2.37. The number of benzene rings is 2. The molecule has 2 N–H and O–H groups in total. The Morgan fingerprint density at radius 3 is 2.56 bits per heavy atom. The minimum Gasteiger partial charge on any atom is -0.489 e. The van der Waals surface area contributed by atoms with Gasteiger partial charge in [0.2, 0.25) is 5.91 Å². The van der Waals surface area contributed by atoms with E-state index in [1.807, 2.05) is 59.4 Å². The number of fused-ring (bicyclic) bond motifs is 4. The molecule has 0 spiro atoms. The van der Waals surface area contributed by atoms with Crippen molar-refractivity contribution in [1.82, 2.24) is 14.8 Å². The molecule has 0 saturated carbocycles. The Bertz CT molecular complexity index is 1350. The molecule has 8 nitrogen and oxygen atoms in total. The number of urea groups is 1. The Labute approximate surface area is 232 Å². The molecule has 5 rings (SSSR count). The monoisotopic (exact) mass is 546 g/mol. The summed E-state index contributed by atoms with van der Waals surface area (Å²) in [6, 6.07) is 21.7. The van der Waals surface area contributed by atoms with Crippen LogP contribution in [0.2, 0.25) is 0 Å². The van der Waals surface area contributed by atoms with E-state index in [2.05, 4.69) is 10.6 Å². The zero-order valence-corrected chi connectivity index (χ0v) is 22.9. The standard InChI is InChI=1S/C30H34N4O4S/c1-39-15-14-26(29(36)31-24-10-12-25(13-11-24)38-20-21-6-3-2-4-7-21)32-30(37)33-17-22-16-23(19-33)27-8-5-9-28(35)34(27)18-22/h2-13,22-23,26H,14-20H2,1H3,(H,31,36)(H,32,37)/t22?,23?,26-/m0/s1. The number of likely N-dealkylation sites (tertiary alicyclic amines) is 1. The van der Waals surface area contributed by atoms with Gasteiger partial charge in [-0.25, -0.2) is 4.79 Å². The van der Waals surface area contributed by atoms with Crippen molar-refractivity contribution in [2.24, 2.45) is 5.92 Å². The van der Waals surface area contributed by atoms with Gasteiger partial charge in [0.1, 0.15) is 18.4 Å². The summed E-state index contributed by atoms with van der Waals surface area (Å²) >= 11 is 1.64. The highest BCUT2D eigenvalue weighted by molar-refractivity contribution is 7.98. The number of piperidine rings is 1. The summed E-state index contributed by atoms with van der Waals surface area (Å²) in [5.74, 6) is 1.56. The molecule has 3 heterocycles. The first-order valence-electron chi connectivity index (χ1n) is 13.3. The molecule has 3 atom stereocenters. The molecule has 1 saturated heterocycles. The number of nitrogens with one attached hydrogen (secondary N) is 2. The molecule has 1 fully saturated rings. The third-order valence-electron chi connectivity index (χ3n) is 7.36. The van der Waals surface area contributed by atoms with Crippen molar-refractivity contribution in [3.63, 3.8) is 0 Å². The van der Waals surface area contributed by atoms with Crippen LogP contribution in [0, 0.1) is 5.92 Å². The maximum absolute atomic E-state index is 13.3. The molecule has 3 amide bonds. The molecular formula is C30H34N4O4S. The number of hydrogen-bond donors (Lipinski definition) is 2. The van der Waals surface area contributed by atoms with Gasteiger partial charge in [-0.2, -0.15) is 11.8 Å². The summed E-state index contributed by atoms with van der Waals surface area (Å²) in [6.45, 7) is 2.20. The Hall–Kier alpha value is -3.72.